The topological polar surface area (TPSA) is 97.9 Å². The number of rotatable bonds is 6. The van der Waals surface area contributed by atoms with Gasteiger partial charge in [0.1, 0.15) is 17.8 Å². The lowest BCUT2D eigenvalue weighted by Crippen LogP contribution is -2.24. The fourth-order valence-corrected chi connectivity index (χ4v) is 4.40. The van der Waals surface area contributed by atoms with Crippen molar-refractivity contribution in [2.24, 2.45) is 5.73 Å². The molecule has 7 nitrogen and oxygen atoms in total. The van der Waals surface area contributed by atoms with Gasteiger partial charge >= 0.3 is 0 Å². The Morgan fingerprint density at radius 3 is 2.59 bits per heavy atom. The number of anilines is 3. The van der Waals surface area contributed by atoms with Crippen LogP contribution in [-0.4, -0.2) is 26.5 Å². The number of amides is 1. The molecule has 32 heavy (non-hydrogen) atoms. The van der Waals surface area contributed by atoms with Crippen molar-refractivity contribution in [3.63, 3.8) is 0 Å². The zero-order chi connectivity index (χ0) is 21.9. The van der Waals surface area contributed by atoms with Gasteiger partial charge in [0.05, 0.1) is 10.9 Å². The Bertz CT molecular complexity index is 1240. The average molecular weight is 427 g/mol. The minimum absolute atomic E-state index is 0.363. The monoisotopic (exact) mass is 426 g/mol. The molecule has 2 aromatic carbocycles. The van der Waals surface area contributed by atoms with Gasteiger partial charge in [0.25, 0.3) is 5.91 Å². The summed E-state index contributed by atoms with van der Waals surface area (Å²) in [6.45, 7) is 0. The molecule has 0 spiro atoms. The Morgan fingerprint density at radius 2 is 1.81 bits per heavy atom. The number of nitrogens with two attached hydrogens (primary N) is 1. The summed E-state index contributed by atoms with van der Waals surface area (Å²) in [5.41, 5.74) is 9.61. The summed E-state index contributed by atoms with van der Waals surface area (Å²) < 4.78 is 2.00. The lowest BCUT2D eigenvalue weighted by Gasteiger charge is -2.25. The minimum atomic E-state index is -0.427. The number of aromatic nitrogens is 3. The van der Waals surface area contributed by atoms with Gasteiger partial charge in [-0.15, -0.1) is 0 Å². The lowest BCUT2D eigenvalue weighted by molar-refractivity contribution is 0.100. The van der Waals surface area contributed by atoms with Crippen LogP contribution < -0.4 is 16.4 Å². The number of carbonyl (C=O) groups excluding carboxylic acids is 1. The molecule has 162 valence electrons. The number of benzene rings is 2. The van der Waals surface area contributed by atoms with Gasteiger partial charge in [-0.1, -0.05) is 37.5 Å². The van der Waals surface area contributed by atoms with Crippen molar-refractivity contribution in [2.75, 3.05) is 10.6 Å². The van der Waals surface area contributed by atoms with Crippen LogP contribution in [0.3, 0.4) is 0 Å². The second-order valence-electron chi connectivity index (χ2n) is 8.21. The first-order valence-electron chi connectivity index (χ1n) is 11.0. The molecule has 0 unspecified atom stereocenters. The third-order valence-electron chi connectivity index (χ3n) is 6.03. The molecule has 0 bridgehead atoms. The van der Waals surface area contributed by atoms with Gasteiger partial charge in [-0.25, -0.2) is 9.97 Å². The molecule has 4 aromatic rings. The minimum Gasteiger partial charge on any atom is -0.382 e. The highest BCUT2D eigenvalue weighted by atomic mass is 16.1. The van der Waals surface area contributed by atoms with Crippen molar-refractivity contribution in [2.45, 2.75) is 38.1 Å². The summed E-state index contributed by atoms with van der Waals surface area (Å²) in [6, 6.07) is 18.0. The highest BCUT2D eigenvalue weighted by molar-refractivity contribution is 5.99. The van der Waals surface area contributed by atoms with Crippen LogP contribution in [0, 0.1) is 0 Å². The van der Waals surface area contributed by atoms with Crippen LogP contribution >= 0.6 is 0 Å². The molecule has 2 heterocycles. The van der Waals surface area contributed by atoms with E-state index in [1.165, 1.54) is 19.3 Å². The number of hydrogen-bond donors (Lipinski definition) is 3. The van der Waals surface area contributed by atoms with Gasteiger partial charge in [-0.3, -0.25) is 4.79 Å². The van der Waals surface area contributed by atoms with Crippen LogP contribution in [0.1, 0.15) is 42.5 Å². The summed E-state index contributed by atoms with van der Waals surface area (Å²) >= 11 is 0. The van der Waals surface area contributed by atoms with Gasteiger partial charge in [-0.2, -0.15) is 0 Å². The number of nitrogens with zero attached hydrogens (tertiary/aromatic N) is 3. The second-order valence-corrected chi connectivity index (χ2v) is 8.21. The van der Waals surface area contributed by atoms with Gasteiger partial charge in [0.15, 0.2) is 0 Å². The number of nitrogens with one attached hydrogen (secondary N) is 2. The smallest absolute Gasteiger partial charge is 0.250 e. The van der Waals surface area contributed by atoms with Crippen LogP contribution in [-0.2, 0) is 0 Å². The van der Waals surface area contributed by atoms with E-state index in [2.05, 4.69) is 20.6 Å². The Labute approximate surface area is 186 Å². The largest absolute Gasteiger partial charge is 0.382 e. The van der Waals surface area contributed by atoms with E-state index in [9.17, 15) is 4.79 Å². The van der Waals surface area contributed by atoms with Gasteiger partial charge in [0, 0.05) is 29.3 Å². The Morgan fingerprint density at radius 1 is 1.00 bits per heavy atom. The Kier molecular flexibility index (Phi) is 5.46. The Hall–Kier alpha value is -3.87. The van der Waals surface area contributed by atoms with Crippen molar-refractivity contribution >= 4 is 34.1 Å². The Balaban J connectivity index is 1.51. The van der Waals surface area contributed by atoms with Crippen molar-refractivity contribution in [1.29, 1.82) is 0 Å². The molecule has 0 aliphatic heterocycles. The summed E-state index contributed by atoms with van der Waals surface area (Å²) in [6.07, 6.45) is 9.43. The predicted octanol–water partition coefficient (Wildman–Crippen LogP) is 5.01. The van der Waals surface area contributed by atoms with E-state index in [1.54, 1.807) is 12.4 Å². The highest BCUT2D eigenvalue weighted by Gasteiger charge is 2.18. The molecule has 2 aromatic heterocycles. The van der Waals surface area contributed by atoms with Crippen LogP contribution in [0.15, 0.2) is 67.1 Å². The molecule has 4 N–H and O–H groups in total. The molecule has 1 aliphatic rings. The summed E-state index contributed by atoms with van der Waals surface area (Å²) in [5.74, 6) is 0.318. The van der Waals surface area contributed by atoms with E-state index in [0.717, 1.165) is 46.8 Å². The maximum atomic E-state index is 12.0. The zero-order valence-corrected chi connectivity index (χ0v) is 17.8. The number of hydrogen-bond acceptors (Lipinski definition) is 5. The summed E-state index contributed by atoms with van der Waals surface area (Å²) in [5, 5.41) is 7.84. The van der Waals surface area contributed by atoms with E-state index in [4.69, 9.17) is 5.73 Å². The zero-order valence-electron chi connectivity index (χ0n) is 17.8. The van der Waals surface area contributed by atoms with Crippen LogP contribution in [0.2, 0.25) is 0 Å². The van der Waals surface area contributed by atoms with Gasteiger partial charge < -0.3 is 20.9 Å². The number of para-hydroxylation sites is 1. The van der Waals surface area contributed by atoms with Gasteiger partial charge in [-0.05, 0) is 49.2 Å². The first-order chi connectivity index (χ1) is 15.7. The number of fused-ring (bicyclic) bond motifs is 1. The first kappa shape index (κ1) is 20.1. The van der Waals surface area contributed by atoms with Crippen molar-refractivity contribution in [3.05, 3.63) is 72.7 Å². The molecule has 1 amide bonds. The number of carbonyl (C=O) groups is 1. The maximum absolute atomic E-state index is 12.0. The SMILES string of the molecule is NC(=O)c1ccc(-n2ccc3c(Nc4ccccc4)ncnc32)cc1NC1CCCCC1. The molecule has 0 atom stereocenters. The molecule has 5 rings (SSSR count). The molecular formula is C25H26N6O. The van der Waals surface area contributed by atoms with Crippen LogP contribution in [0.5, 0.6) is 0 Å². The first-order valence-corrected chi connectivity index (χ1v) is 11.0. The fraction of sp³-hybridized carbons (Fsp3) is 0.240. The quantitative estimate of drug-likeness (QED) is 0.403. The second kappa shape index (κ2) is 8.70. The van der Waals surface area contributed by atoms with Gasteiger partial charge in [0.2, 0.25) is 0 Å². The predicted molar refractivity (Wildman–Crippen MR) is 128 cm³/mol. The molecule has 0 saturated heterocycles. The molecule has 1 saturated carbocycles. The third kappa shape index (κ3) is 4.01. The normalized spacial score (nSPS) is 14.4. The van der Waals surface area contributed by atoms with Crippen LogP contribution in [0.25, 0.3) is 16.7 Å². The van der Waals surface area contributed by atoms with E-state index in [1.807, 2.05) is 59.3 Å². The number of primary amides is 1. The summed E-state index contributed by atoms with van der Waals surface area (Å²) in [4.78, 5) is 21.0. The molecular weight excluding hydrogens is 400 g/mol. The summed E-state index contributed by atoms with van der Waals surface area (Å²) in [7, 11) is 0. The third-order valence-corrected chi connectivity index (χ3v) is 6.03. The van der Waals surface area contributed by atoms with Crippen molar-refractivity contribution in [1.82, 2.24) is 14.5 Å². The molecule has 0 radical (unpaired) electrons. The van der Waals surface area contributed by atoms with Crippen molar-refractivity contribution in [3.8, 4) is 5.69 Å². The van der Waals surface area contributed by atoms with E-state index in [-0.39, 0.29) is 0 Å². The van der Waals surface area contributed by atoms with Crippen molar-refractivity contribution < 1.29 is 4.79 Å². The molecule has 1 aliphatic carbocycles. The molecule has 7 heteroatoms. The van der Waals surface area contributed by atoms with E-state index < -0.39 is 5.91 Å². The fourth-order valence-electron chi connectivity index (χ4n) is 4.40. The van der Waals surface area contributed by atoms with E-state index >= 15 is 0 Å². The average Bonchev–Trinajstić information content (AvgIpc) is 3.25. The molecule has 1 fully saturated rings. The maximum Gasteiger partial charge on any atom is 0.250 e. The van der Waals surface area contributed by atoms with Crippen LogP contribution in [0.4, 0.5) is 17.2 Å². The van der Waals surface area contributed by atoms with E-state index in [0.29, 0.717) is 11.6 Å². The highest BCUT2D eigenvalue weighted by Crippen LogP contribution is 2.29. The standard InChI is InChI=1S/C25H26N6O/c26-23(32)20-12-11-19(15-22(20)29-17-7-3-1-4-8-17)31-14-13-21-24(27-16-28-25(21)31)30-18-9-5-2-6-10-18/h2,5-6,9-17,29H,1,3-4,7-8H2,(H2,26,32)(H,27,28,30). The lowest BCUT2D eigenvalue weighted by atomic mass is 9.95.